The van der Waals surface area contributed by atoms with E-state index in [9.17, 15) is 14.9 Å². The molecule has 0 amide bonds. The zero-order chi connectivity index (χ0) is 15.9. The number of pyridine rings is 1. The zero-order valence-corrected chi connectivity index (χ0v) is 13.2. The molecule has 0 saturated carbocycles. The van der Waals surface area contributed by atoms with Crippen molar-refractivity contribution in [3.8, 4) is 0 Å². The zero-order valence-electron chi connectivity index (χ0n) is 11.6. The molecule has 114 valence electrons. The van der Waals surface area contributed by atoms with E-state index in [2.05, 4.69) is 20.9 Å². The van der Waals surface area contributed by atoms with Gasteiger partial charge in [0.25, 0.3) is 5.69 Å². The number of nitro groups is 1. The summed E-state index contributed by atoms with van der Waals surface area (Å²) in [6.07, 6.45) is 4.88. The molecule has 0 aliphatic carbocycles. The van der Waals surface area contributed by atoms with E-state index in [4.69, 9.17) is 4.74 Å². The third-order valence-electron chi connectivity index (χ3n) is 2.94. The van der Waals surface area contributed by atoms with Gasteiger partial charge in [-0.3, -0.25) is 15.1 Å². The lowest BCUT2D eigenvalue weighted by Gasteiger charge is -2.05. The number of halogens is 1. The number of ether oxygens (including phenoxy) is 1. The Bertz CT molecular complexity index is 676. The van der Waals surface area contributed by atoms with Crippen molar-refractivity contribution in [2.45, 2.75) is 12.8 Å². The average Bonchev–Trinajstić information content (AvgIpc) is 2.52. The Morgan fingerprint density at radius 2 is 2.18 bits per heavy atom. The molecule has 0 spiro atoms. The summed E-state index contributed by atoms with van der Waals surface area (Å²) in [5.74, 6) is -0.568. The Kier molecular flexibility index (Phi) is 5.60. The maximum absolute atomic E-state index is 11.9. The van der Waals surface area contributed by atoms with Crippen molar-refractivity contribution in [3.63, 3.8) is 0 Å². The number of benzene rings is 1. The van der Waals surface area contributed by atoms with Gasteiger partial charge < -0.3 is 4.74 Å². The second-order valence-corrected chi connectivity index (χ2v) is 5.38. The van der Waals surface area contributed by atoms with E-state index >= 15 is 0 Å². The van der Waals surface area contributed by atoms with E-state index in [0.717, 1.165) is 12.0 Å². The molecule has 1 aromatic heterocycles. The Labute approximate surface area is 135 Å². The van der Waals surface area contributed by atoms with Crippen LogP contribution in [0.3, 0.4) is 0 Å². The molecule has 0 fully saturated rings. The van der Waals surface area contributed by atoms with Gasteiger partial charge in [-0.25, -0.2) is 4.79 Å². The van der Waals surface area contributed by atoms with Crippen LogP contribution >= 0.6 is 15.9 Å². The molecule has 0 unspecified atom stereocenters. The first-order valence-electron chi connectivity index (χ1n) is 6.58. The Balaban J connectivity index is 1.87. The maximum atomic E-state index is 11.9. The van der Waals surface area contributed by atoms with Crippen LogP contribution < -0.4 is 0 Å². The molecular weight excluding hydrogens is 352 g/mol. The number of nitro benzene ring substituents is 1. The fourth-order valence-corrected chi connectivity index (χ4v) is 2.24. The molecule has 0 aliphatic heterocycles. The highest BCUT2D eigenvalue weighted by molar-refractivity contribution is 9.10. The second-order valence-electron chi connectivity index (χ2n) is 4.52. The van der Waals surface area contributed by atoms with E-state index in [1.165, 1.54) is 18.2 Å². The Morgan fingerprint density at radius 1 is 1.36 bits per heavy atom. The number of aromatic nitrogens is 1. The molecule has 0 saturated heterocycles. The third kappa shape index (κ3) is 4.36. The van der Waals surface area contributed by atoms with E-state index in [1.54, 1.807) is 12.4 Å². The van der Waals surface area contributed by atoms with Crippen molar-refractivity contribution in [1.29, 1.82) is 0 Å². The van der Waals surface area contributed by atoms with Gasteiger partial charge in [-0.2, -0.15) is 0 Å². The monoisotopic (exact) mass is 364 g/mol. The van der Waals surface area contributed by atoms with Crippen molar-refractivity contribution in [2.75, 3.05) is 6.61 Å². The summed E-state index contributed by atoms with van der Waals surface area (Å²) < 4.78 is 5.45. The first-order chi connectivity index (χ1) is 10.6. The van der Waals surface area contributed by atoms with Crippen LogP contribution in [0.25, 0.3) is 0 Å². The summed E-state index contributed by atoms with van der Waals surface area (Å²) in [6, 6.07) is 7.95. The van der Waals surface area contributed by atoms with E-state index < -0.39 is 10.9 Å². The average molecular weight is 365 g/mol. The van der Waals surface area contributed by atoms with Crippen molar-refractivity contribution in [1.82, 2.24) is 4.98 Å². The normalized spacial score (nSPS) is 10.2. The van der Waals surface area contributed by atoms with Crippen LogP contribution in [-0.4, -0.2) is 22.5 Å². The number of carbonyl (C=O) groups excluding carboxylic acids is 1. The van der Waals surface area contributed by atoms with E-state index in [-0.39, 0.29) is 17.9 Å². The van der Waals surface area contributed by atoms with E-state index in [1.807, 2.05) is 12.1 Å². The van der Waals surface area contributed by atoms with Crippen LogP contribution in [0.15, 0.2) is 47.2 Å². The summed E-state index contributed by atoms with van der Waals surface area (Å²) >= 11 is 3.07. The van der Waals surface area contributed by atoms with Crippen LogP contribution in [0.5, 0.6) is 0 Å². The third-order valence-corrected chi connectivity index (χ3v) is 3.61. The minimum Gasteiger partial charge on any atom is -0.462 e. The van der Waals surface area contributed by atoms with Crippen molar-refractivity contribution >= 4 is 27.6 Å². The van der Waals surface area contributed by atoms with E-state index in [0.29, 0.717) is 10.9 Å². The standard InChI is InChI=1S/C15H13BrN2O4/c16-13-6-5-12(9-14(13)18(20)21)15(19)22-8-2-4-11-3-1-7-17-10-11/h1,3,5-7,9-10H,2,4,8H2. The first kappa shape index (κ1) is 16.1. The molecule has 6 nitrogen and oxygen atoms in total. The van der Waals surface area contributed by atoms with Gasteiger partial charge >= 0.3 is 5.97 Å². The van der Waals surface area contributed by atoms with Crippen LogP contribution in [-0.2, 0) is 11.2 Å². The molecule has 2 aromatic rings. The first-order valence-corrected chi connectivity index (χ1v) is 7.37. The van der Waals surface area contributed by atoms with Crippen molar-refractivity contribution in [2.24, 2.45) is 0 Å². The molecule has 1 aromatic carbocycles. The van der Waals surface area contributed by atoms with Crippen LogP contribution in [0.2, 0.25) is 0 Å². The van der Waals surface area contributed by atoms with Gasteiger partial charge in [-0.1, -0.05) is 6.07 Å². The minimum absolute atomic E-state index is 0.162. The maximum Gasteiger partial charge on any atom is 0.338 e. The molecule has 0 N–H and O–H groups in total. The van der Waals surface area contributed by atoms with Gasteiger partial charge in [0.1, 0.15) is 0 Å². The highest BCUT2D eigenvalue weighted by Gasteiger charge is 2.16. The van der Waals surface area contributed by atoms with Gasteiger partial charge in [0.2, 0.25) is 0 Å². The van der Waals surface area contributed by atoms with Gasteiger partial charge in [-0.05, 0) is 52.5 Å². The molecular formula is C15H13BrN2O4. The smallest absolute Gasteiger partial charge is 0.338 e. The number of hydrogen-bond donors (Lipinski definition) is 0. The van der Waals surface area contributed by atoms with Gasteiger partial charge in [0.15, 0.2) is 0 Å². The quantitative estimate of drug-likeness (QED) is 0.338. The number of carbonyl (C=O) groups is 1. The Morgan fingerprint density at radius 3 is 2.86 bits per heavy atom. The second kappa shape index (κ2) is 7.65. The molecule has 22 heavy (non-hydrogen) atoms. The molecule has 0 bridgehead atoms. The Hall–Kier alpha value is -2.28. The SMILES string of the molecule is O=C(OCCCc1cccnc1)c1ccc(Br)c([N+](=O)[O-])c1. The lowest BCUT2D eigenvalue weighted by Crippen LogP contribution is -2.07. The molecule has 2 rings (SSSR count). The summed E-state index contributed by atoms with van der Waals surface area (Å²) in [5.41, 5.74) is 1.07. The van der Waals surface area contributed by atoms with Crippen LogP contribution in [0, 0.1) is 10.1 Å². The number of aryl methyl sites for hydroxylation is 1. The summed E-state index contributed by atoms with van der Waals surface area (Å²) in [7, 11) is 0. The van der Waals surface area contributed by atoms with Crippen LogP contribution in [0.1, 0.15) is 22.3 Å². The number of hydrogen-bond acceptors (Lipinski definition) is 5. The summed E-state index contributed by atoms with van der Waals surface area (Å²) in [6.45, 7) is 0.248. The molecule has 0 radical (unpaired) electrons. The highest BCUT2D eigenvalue weighted by Crippen LogP contribution is 2.25. The lowest BCUT2D eigenvalue weighted by atomic mass is 10.2. The predicted molar refractivity (Wildman–Crippen MR) is 83.6 cm³/mol. The van der Waals surface area contributed by atoms with Gasteiger partial charge in [0.05, 0.1) is 21.6 Å². The summed E-state index contributed by atoms with van der Waals surface area (Å²) in [5, 5.41) is 10.8. The van der Waals surface area contributed by atoms with Gasteiger partial charge in [-0.15, -0.1) is 0 Å². The highest BCUT2D eigenvalue weighted by atomic mass is 79.9. The van der Waals surface area contributed by atoms with Crippen molar-refractivity contribution < 1.29 is 14.5 Å². The molecule has 1 heterocycles. The van der Waals surface area contributed by atoms with Crippen molar-refractivity contribution in [3.05, 3.63) is 68.4 Å². The van der Waals surface area contributed by atoms with Gasteiger partial charge in [0, 0.05) is 18.5 Å². The fourth-order valence-electron chi connectivity index (χ4n) is 1.85. The topological polar surface area (TPSA) is 82.3 Å². The fraction of sp³-hybridized carbons (Fsp3) is 0.200. The predicted octanol–water partition coefficient (Wildman–Crippen LogP) is 3.54. The minimum atomic E-state index is -0.568. The lowest BCUT2D eigenvalue weighted by molar-refractivity contribution is -0.385. The number of nitrogens with zero attached hydrogens (tertiary/aromatic N) is 2. The van der Waals surface area contributed by atoms with Crippen LogP contribution in [0.4, 0.5) is 5.69 Å². The molecule has 0 aliphatic rings. The molecule has 0 atom stereocenters. The largest absolute Gasteiger partial charge is 0.462 e. The summed E-state index contributed by atoms with van der Waals surface area (Å²) in [4.78, 5) is 26.2. The number of esters is 1. The number of rotatable bonds is 6. The molecule has 7 heteroatoms.